The third kappa shape index (κ3) is 7.23. The highest BCUT2D eigenvalue weighted by Gasteiger charge is 2.27. The van der Waals surface area contributed by atoms with E-state index in [1.807, 2.05) is 6.92 Å². The molecule has 0 saturated carbocycles. The minimum Gasteiger partial charge on any atom is -0.372 e. The number of carbonyl (C=O) groups is 1. The van der Waals surface area contributed by atoms with Crippen molar-refractivity contribution < 1.29 is 22.7 Å². The first-order valence-electron chi connectivity index (χ1n) is 9.54. The SMILES string of the molecule is CCCCn1nc(C(=O)N2CCN(CCCOCC(F)(F)F)CC2)ccc1=O. The standard InChI is InChI=1S/C18H27F3N4O3/c1-2-3-8-25-16(26)6-5-15(22-25)17(27)24-11-9-23(10-12-24)7-4-13-28-14-18(19,20)21/h5-6H,2-4,7-14H2,1H3. The predicted molar refractivity (Wildman–Crippen MR) is 97.2 cm³/mol. The molecule has 10 heteroatoms. The average molecular weight is 404 g/mol. The zero-order valence-electron chi connectivity index (χ0n) is 16.1. The molecule has 0 bridgehead atoms. The number of rotatable bonds is 9. The summed E-state index contributed by atoms with van der Waals surface area (Å²) in [6, 6.07) is 2.82. The Balaban J connectivity index is 1.77. The van der Waals surface area contributed by atoms with Crippen LogP contribution in [0.1, 0.15) is 36.7 Å². The summed E-state index contributed by atoms with van der Waals surface area (Å²) in [6.45, 7) is 4.27. The van der Waals surface area contributed by atoms with Gasteiger partial charge in [-0.1, -0.05) is 13.3 Å². The van der Waals surface area contributed by atoms with Crippen molar-refractivity contribution in [2.45, 2.75) is 38.9 Å². The Morgan fingerprint density at radius 3 is 2.50 bits per heavy atom. The summed E-state index contributed by atoms with van der Waals surface area (Å²) in [6.07, 6.45) is -2.04. The summed E-state index contributed by atoms with van der Waals surface area (Å²) in [5.41, 5.74) is 0.0345. The number of halogens is 3. The zero-order chi connectivity index (χ0) is 20.6. The van der Waals surface area contributed by atoms with Crippen LogP contribution >= 0.6 is 0 Å². The molecule has 2 heterocycles. The van der Waals surface area contributed by atoms with E-state index in [1.54, 1.807) is 4.90 Å². The number of hydrogen-bond donors (Lipinski definition) is 0. The van der Waals surface area contributed by atoms with E-state index in [0.717, 1.165) is 12.8 Å². The molecule has 1 aliphatic heterocycles. The topological polar surface area (TPSA) is 67.7 Å². The Kier molecular flexibility index (Phi) is 8.43. The van der Waals surface area contributed by atoms with Gasteiger partial charge in [0.2, 0.25) is 0 Å². The lowest BCUT2D eigenvalue weighted by atomic mass is 10.2. The molecule has 7 nitrogen and oxygen atoms in total. The zero-order valence-corrected chi connectivity index (χ0v) is 16.1. The summed E-state index contributed by atoms with van der Waals surface area (Å²) >= 11 is 0. The van der Waals surface area contributed by atoms with Crippen molar-refractivity contribution in [2.75, 3.05) is 45.9 Å². The van der Waals surface area contributed by atoms with Gasteiger partial charge in [-0.15, -0.1) is 0 Å². The Morgan fingerprint density at radius 2 is 1.86 bits per heavy atom. The molecule has 1 aromatic heterocycles. The summed E-state index contributed by atoms with van der Waals surface area (Å²) in [5, 5.41) is 4.18. The van der Waals surface area contributed by atoms with E-state index >= 15 is 0 Å². The number of nitrogens with zero attached hydrogens (tertiary/aromatic N) is 4. The van der Waals surface area contributed by atoms with Crippen molar-refractivity contribution in [3.8, 4) is 0 Å². The molecule has 0 N–H and O–H groups in total. The van der Waals surface area contributed by atoms with Crippen molar-refractivity contribution in [3.05, 3.63) is 28.2 Å². The Hall–Kier alpha value is -1.94. The summed E-state index contributed by atoms with van der Waals surface area (Å²) in [5.74, 6) is -0.210. The molecule has 158 valence electrons. The van der Waals surface area contributed by atoms with Crippen LogP contribution in [0, 0.1) is 0 Å². The fourth-order valence-corrected chi connectivity index (χ4v) is 2.95. The first-order chi connectivity index (χ1) is 13.3. The molecule has 0 aromatic carbocycles. The van der Waals surface area contributed by atoms with Crippen molar-refractivity contribution in [3.63, 3.8) is 0 Å². The lowest BCUT2D eigenvalue weighted by Gasteiger charge is -2.34. The number of hydrogen-bond acceptors (Lipinski definition) is 5. The van der Waals surface area contributed by atoms with Gasteiger partial charge in [-0.3, -0.25) is 14.5 Å². The largest absolute Gasteiger partial charge is 0.411 e. The van der Waals surface area contributed by atoms with Crippen LogP contribution in [0.3, 0.4) is 0 Å². The number of aryl methyl sites for hydroxylation is 1. The second kappa shape index (κ2) is 10.6. The number of carbonyl (C=O) groups excluding carboxylic acids is 1. The normalized spacial score (nSPS) is 15.8. The van der Waals surface area contributed by atoms with Gasteiger partial charge in [-0.2, -0.15) is 18.3 Å². The first-order valence-corrected chi connectivity index (χ1v) is 9.54. The number of ether oxygens (including phenoxy) is 1. The highest BCUT2D eigenvalue weighted by Crippen LogP contribution is 2.14. The number of alkyl halides is 3. The van der Waals surface area contributed by atoms with Gasteiger partial charge in [-0.25, -0.2) is 4.68 Å². The Labute approximate surface area is 162 Å². The predicted octanol–water partition coefficient (Wildman–Crippen LogP) is 1.77. The van der Waals surface area contributed by atoms with Gasteiger partial charge < -0.3 is 9.64 Å². The molecular weight excluding hydrogens is 377 g/mol. The fourth-order valence-electron chi connectivity index (χ4n) is 2.95. The number of piperazine rings is 1. The van der Waals surface area contributed by atoms with Crippen LogP contribution in [0.15, 0.2) is 16.9 Å². The minimum atomic E-state index is -4.29. The van der Waals surface area contributed by atoms with Crippen LogP contribution in [0.5, 0.6) is 0 Å². The van der Waals surface area contributed by atoms with E-state index < -0.39 is 12.8 Å². The number of unbranched alkanes of at least 4 members (excludes halogenated alkanes) is 1. The third-order valence-corrected chi connectivity index (χ3v) is 4.50. The second-order valence-corrected chi connectivity index (χ2v) is 6.79. The van der Waals surface area contributed by atoms with E-state index in [4.69, 9.17) is 0 Å². The molecule has 1 aliphatic rings. The maximum atomic E-state index is 12.6. The van der Waals surface area contributed by atoms with Crippen LogP contribution < -0.4 is 5.56 Å². The lowest BCUT2D eigenvalue weighted by molar-refractivity contribution is -0.174. The van der Waals surface area contributed by atoms with Crippen molar-refractivity contribution in [1.82, 2.24) is 19.6 Å². The van der Waals surface area contributed by atoms with Crippen LogP contribution in [0.25, 0.3) is 0 Å². The quantitative estimate of drug-likeness (QED) is 0.587. The monoisotopic (exact) mass is 404 g/mol. The minimum absolute atomic E-state index is 0.0574. The molecule has 1 amide bonds. The van der Waals surface area contributed by atoms with Gasteiger partial charge in [0, 0.05) is 51.9 Å². The van der Waals surface area contributed by atoms with Crippen LogP contribution in [0.4, 0.5) is 13.2 Å². The molecule has 2 rings (SSSR count). The smallest absolute Gasteiger partial charge is 0.372 e. The van der Waals surface area contributed by atoms with E-state index in [1.165, 1.54) is 16.8 Å². The number of aromatic nitrogens is 2. The molecular formula is C18H27F3N4O3. The van der Waals surface area contributed by atoms with Crippen LogP contribution in [0.2, 0.25) is 0 Å². The molecule has 0 unspecified atom stereocenters. The van der Waals surface area contributed by atoms with E-state index in [-0.39, 0.29) is 23.8 Å². The Morgan fingerprint density at radius 1 is 1.14 bits per heavy atom. The van der Waals surface area contributed by atoms with Crippen LogP contribution in [-0.2, 0) is 11.3 Å². The van der Waals surface area contributed by atoms with Gasteiger partial charge >= 0.3 is 6.18 Å². The summed E-state index contributed by atoms with van der Waals surface area (Å²) in [7, 11) is 0. The number of amides is 1. The van der Waals surface area contributed by atoms with Crippen molar-refractivity contribution in [1.29, 1.82) is 0 Å². The molecule has 1 fully saturated rings. The Bertz CT molecular complexity index is 685. The maximum absolute atomic E-state index is 12.6. The van der Waals surface area contributed by atoms with E-state index in [0.29, 0.717) is 45.7 Å². The first kappa shape index (κ1) is 22.4. The maximum Gasteiger partial charge on any atom is 0.411 e. The summed E-state index contributed by atoms with van der Waals surface area (Å²) < 4.78 is 42.0. The van der Waals surface area contributed by atoms with Gasteiger partial charge in [0.05, 0.1) is 0 Å². The fraction of sp³-hybridized carbons (Fsp3) is 0.722. The summed E-state index contributed by atoms with van der Waals surface area (Å²) in [4.78, 5) is 28.2. The third-order valence-electron chi connectivity index (χ3n) is 4.50. The molecule has 0 atom stereocenters. The van der Waals surface area contributed by atoms with Gasteiger partial charge in [0.25, 0.3) is 11.5 Å². The van der Waals surface area contributed by atoms with Gasteiger partial charge in [0.1, 0.15) is 12.3 Å². The molecule has 1 aromatic rings. The van der Waals surface area contributed by atoms with Crippen LogP contribution in [-0.4, -0.2) is 77.6 Å². The molecule has 0 spiro atoms. The van der Waals surface area contributed by atoms with Crippen molar-refractivity contribution in [2.24, 2.45) is 0 Å². The average Bonchev–Trinajstić information content (AvgIpc) is 2.66. The lowest BCUT2D eigenvalue weighted by Crippen LogP contribution is -2.49. The second-order valence-electron chi connectivity index (χ2n) is 6.79. The van der Waals surface area contributed by atoms with Crippen molar-refractivity contribution >= 4 is 5.91 Å². The molecule has 28 heavy (non-hydrogen) atoms. The van der Waals surface area contributed by atoms with E-state index in [2.05, 4.69) is 14.7 Å². The molecule has 1 saturated heterocycles. The molecule has 0 radical (unpaired) electrons. The highest BCUT2D eigenvalue weighted by atomic mass is 19.4. The van der Waals surface area contributed by atoms with E-state index in [9.17, 15) is 22.8 Å². The van der Waals surface area contributed by atoms with Gasteiger partial charge in [-0.05, 0) is 18.9 Å². The highest BCUT2D eigenvalue weighted by molar-refractivity contribution is 5.92. The van der Waals surface area contributed by atoms with Gasteiger partial charge in [0.15, 0.2) is 0 Å². The molecule has 0 aliphatic carbocycles.